The van der Waals surface area contributed by atoms with E-state index in [-0.39, 0.29) is 11.6 Å². The highest BCUT2D eigenvalue weighted by Gasteiger charge is 2.17. The highest BCUT2D eigenvalue weighted by Crippen LogP contribution is 2.27. The SMILES string of the molecule is CCCNC(c1cccc(C(F)F)c1)c1nccs1. The summed E-state index contributed by atoms with van der Waals surface area (Å²) in [6.45, 7) is 2.89. The second-order valence-electron chi connectivity index (χ2n) is 4.23. The lowest BCUT2D eigenvalue weighted by molar-refractivity contribution is 0.151. The van der Waals surface area contributed by atoms with Crippen molar-refractivity contribution in [2.45, 2.75) is 25.8 Å². The van der Waals surface area contributed by atoms with E-state index in [0.29, 0.717) is 0 Å². The van der Waals surface area contributed by atoms with Gasteiger partial charge >= 0.3 is 0 Å². The smallest absolute Gasteiger partial charge is 0.263 e. The number of nitrogens with one attached hydrogen (secondary N) is 1. The van der Waals surface area contributed by atoms with Crippen molar-refractivity contribution >= 4 is 11.3 Å². The second kappa shape index (κ2) is 6.73. The lowest BCUT2D eigenvalue weighted by Crippen LogP contribution is -2.23. The lowest BCUT2D eigenvalue weighted by Gasteiger charge is -2.17. The van der Waals surface area contributed by atoms with Crippen LogP contribution in [0.2, 0.25) is 0 Å². The molecule has 0 amide bonds. The largest absolute Gasteiger partial charge is 0.304 e. The summed E-state index contributed by atoms with van der Waals surface area (Å²) >= 11 is 1.53. The van der Waals surface area contributed by atoms with E-state index in [1.807, 2.05) is 11.4 Å². The number of benzene rings is 1. The van der Waals surface area contributed by atoms with E-state index in [2.05, 4.69) is 17.2 Å². The third-order valence-corrected chi connectivity index (χ3v) is 3.63. The van der Waals surface area contributed by atoms with Crippen LogP contribution in [0.1, 0.15) is 41.9 Å². The van der Waals surface area contributed by atoms with Gasteiger partial charge in [0.1, 0.15) is 5.01 Å². The molecule has 5 heteroatoms. The van der Waals surface area contributed by atoms with Crippen LogP contribution in [0.3, 0.4) is 0 Å². The Morgan fingerprint density at radius 2 is 2.11 bits per heavy atom. The van der Waals surface area contributed by atoms with Crippen LogP contribution in [0.4, 0.5) is 8.78 Å². The summed E-state index contributed by atoms with van der Waals surface area (Å²) in [5.41, 5.74) is 0.888. The molecule has 0 fully saturated rings. The van der Waals surface area contributed by atoms with Crippen molar-refractivity contribution in [3.8, 4) is 0 Å². The fraction of sp³-hybridized carbons (Fsp3) is 0.357. The van der Waals surface area contributed by atoms with Gasteiger partial charge in [-0.2, -0.15) is 0 Å². The van der Waals surface area contributed by atoms with E-state index in [0.717, 1.165) is 23.5 Å². The van der Waals surface area contributed by atoms with Crippen LogP contribution >= 0.6 is 11.3 Å². The first-order chi connectivity index (χ1) is 9.22. The van der Waals surface area contributed by atoms with E-state index in [1.165, 1.54) is 17.4 Å². The first-order valence-corrected chi connectivity index (χ1v) is 7.11. The third-order valence-electron chi connectivity index (χ3n) is 2.79. The van der Waals surface area contributed by atoms with Crippen molar-refractivity contribution in [2.75, 3.05) is 6.54 Å². The van der Waals surface area contributed by atoms with Crippen molar-refractivity contribution in [2.24, 2.45) is 0 Å². The first-order valence-electron chi connectivity index (χ1n) is 6.23. The van der Waals surface area contributed by atoms with Gasteiger partial charge in [0.15, 0.2) is 0 Å². The van der Waals surface area contributed by atoms with E-state index in [4.69, 9.17) is 0 Å². The number of alkyl halides is 2. The molecule has 1 heterocycles. The molecule has 1 aromatic carbocycles. The van der Waals surface area contributed by atoms with Gasteiger partial charge in [0.2, 0.25) is 0 Å². The summed E-state index contributed by atoms with van der Waals surface area (Å²) in [5.74, 6) is 0. The lowest BCUT2D eigenvalue weighted by atomic mass is 10.0. The number of hydrogen-bond acceptors (Lipinski definition) is 3. The monoisotopic (exact) mass is 282 g/mol. The number of thiazole rings is 1. The molecule has 19 heavy (non-hydrogen) atoms. The molecule has 0 aliphatic heterocycles. The summed E-state index contributed by atoms with van der Waals surface area (Å²) in [7, 11) is 0. The van der Waals surface area contributed by atoms with Crippen LogP contribution in [-0.4, -0.2) is 11.5 Å². The Bertz CT molecular complexity index is 500. The van der Waals surface area contributed by atoms with Crippen molar-refractivity contribution in [3.63, 3.8) is 0 Å². The molecule has 0 aliphatic rings. The molecular weight excluding hydrogens is 266 g/mol. The summed E-state index contributed by atoms with van der Waals surface area (Å²) in [6, 6.07) is 6.43. The number of rotatable bonds is 6. The fourth-order valence-corrected chi connectivity index (χ4v) is 2.63. The molecule has 0 radical (unpaired) electrons. The van der Waals surface area contributed by atoms with Crippen molar-refractivity contribution in [3.05, 3.63) is 52.0 Å². The van der Waals surface area contributed by atoms with Crippen LogP contribution < -0.4 is 5.32 Å². The molecule has 102 valence electrons. The Morgan fingerprint density at radius 1 is 1.32 bits per heavy atom. The maximum absolute atomic E-state index is 12.8. The normalized spacial score (nSPS) is 12.8. The van der Waals surface area contributed by atoms with E-state index >= 15 is 0 Å². The number of aromatic nitrogens is 1. The highest BCUT2D eigenvalue weighted by molar-refractivity contribution is 7.09. The molecule has 2 nitrogen and oxygen atoms in total. The van der Waals surface area contributed by atoms with Gasteiger partial charge in [-0.3, -0.25) is 0 Å². The molecule has 0 saturated carbocycles. The number of nitrogens with zero attached hydrogens (tertiary/aromatic N) is 1. The quantitative estimate of drug-likeness (QED) is 0.860. The predicted octanol–water partition coefficient (Wildman–Crippen LogP) is 4.17. The second-order valence-corrected chi connectivity index (χ2v) is 5.15. The molecule has 1 aromatic heterocycles. The Hall–Kier alpha value is -1.33. The average molecular weight is 282 g/mol. The minimum atomic E-state index is -2.44. The van der Waals surface area contributed by atoms with Crippen LogP contribution in [0, 0.1) is 0 Å². The van der Waals surface area contributed by atoms with E-state index in [1.54, 1.807) is 18.3 Å². The van der Waals surface area contributed by atoms with Gasteiger partial charge in [-0.05, 0) is 24.6 Å². The van der Waals surface area contributed by atoms with Crippen LogP contribution in [0.5, 0.6) is 0 Å². The molecule has 1 unspecified atom stereocenters. The van der Waals surface area contributed by atoms with Gasteiger partial charge < -0.3 is 5.32 Å². The molecule has 0 aliphatic carbocycles. The third kappa shape index (κ3) is 3.58. The van der Waals surface area contributed by atoms with Crippen LogP contribution in [0.25, 0.3) is 0 Å². The molecule has 2 rings (SSSR count). The fourth-order valence-electron chi connectivity index (χ4n) is 1.89. The minimum Gasteiger partial charge on any atom is -0.304 e. The maximum atomic E-state index is 12.8. The topological polar surface area (TPSA) is 24.9 Å². The van der Waals surface area contributed by atoms with Gasteiger partial charge in [-0.15, -0.1) is 11.3 Å². The van der Waals surface area contributed by atoms with Crippen molar-refractivity contribution < 1.29 is 8.78 Å². The molecule has 2 aromatic rings. The molecular formula is C14H16F2N2S. The number of hydrogen-bond donors (Lipinski definition) is 1. The summed E-state index contributed by atoms with van der Waals surface area (Å²) in [4.78, 5) is 4.29. The molecule has 0 bridgehead atoms. The molecule has 1 N–H and O–H groups in total. The minimum absolute atomic E-state index is 0.0531. The Morgan fingerprint density at radius 3 is 2.74 bits per heavy atom. The zero-order valence-electron chi connectivity index (χ0n) is 10.6. The van der Waals surface area contributed by atoms with Crippen LogP contribution in [0.15, 0.2) is 35.8 Å². The zero-order valence-corrected chi connectivity index (χ0v) is 11.5. The first kappa shape index (κ1) is 14.1. The predicted molar refractivity (Wildman–Crippen MR) is 73.6 cm³/mol. The van der Waals surface area contributed by atoms with Gasteiger partial charge in [-0.1, -0.05) is 25.1 Å². The van der Waals surface area contributed by atoms with E-state index < -0.39 is 6.43 Å². The Kier molecular flexibility index (Phi) is 4.99. The standard InChI is InChI=1S/C14H16F2N2S/c1-2-6-17-12(14-18-7-8-19-14)10-4-3-5-11(9-10)13(15)16/h3-5,7-9,12-13,17H,2,6H2,1H3. The van der Waals surface area contributed by atoms with Crippen molar-refractivity contribution in [1.29, 1.82) is 0 Å². The van der Waals surface area contributed by atoms with Crippen LogP contribution in [-0.2, 0) is 0 Å². The Labute approximate surface area is 115 Å². The maximum Gasteiger partial charge on any atom is 0.263 e. The summed E-state index contributed by atoms with van der Waals surface area (Å²) in [5, 5.41) is 6.16. The Balaban J connectivity index is 2.29. The molecule has 1 atom stereocenters. The van der Waals surface area contributed by atoms with Gasteiger partial charge in [0.05, 0.1) is 6.04 Å². The average Bonchev–Trinajstić information content (AvgIpc) is 2.93. The molecule has 0 spiro atoms. The highest BCUT2D eigenvalue weighted by atomic mass is 32.1. The zero-order chi connectivity index (χ0) is 13.7. The van der Waals surface area contributed by atoms with E-state index in [9.17, 15) is 8.78 Å². The van der Waals surface area contributed by atoms with Gasteiger partial charge in [-0.25, -0.2) is 13.8 Å². The van der Waals surface area contributed by atoms with Gasteiger partial charge in [0.25, 0.3) is 6.43 Å². The summed E-state index contributed by atoms with van der Waals surface area (Å²) in [6.07, 6.45) is 0.275. The number of halogens is 2. The van der Waals surface area contributed by atoms with Crippen molar-refractivity contribution in [1.82, 2.24) is 10.3 Å². The molecule has 0 saturated heterocycles. The van der Waals surface area contributed by atoms with Gasteiger partial charge in [0, 0.05) is 17.1 Å². The summed E-state index contributed by atoms with van der Waals surface area (Å²) < 4.78 is 25.5.